The summed E-state index contributed by atoms with van der Waals surface area (Å²) in [4.78, 5) is 30.1. The quantitative estimate of drug-likeness (QED) is 0.628. The zero-order chi connectivity index (χ0) is 19.1. The summed E-state index contributed by atoms with van der Waals surface area (Å²) in [6.07, 6.45) is 0.342. The molecule has 0 saturated heterocycles. The number of nitrogens with zero attached hydrogens (tertiary/aromatic N) is 3. The van der Waals surface area contributed by atoms with Gasteiger partial charge in [0, 0.05) is 13.5 Å². The first-order valence-electron chi connectivity index (χ1n) is 8.33. The first-order chi connectivity index (χ1) is 12.9. The monoisotopic (exact) mass is 383 g/mol. The van der Waals surface area contributed by atoms with Crippen LogP contribution in [0.25, 0.3) is 0 Å². The van der Waals surface area contributed by atoms with Gasteiger partial charge in [-0.3, -0.25) is 24.2 Å². The lowest BCUT2D eigenvalue weighted by Gasteiger charge is -2.19. The Morgan fingerprint density at radius 3 is 2.78 bits per heavy atom. The van der Waals surface area contributed by atoms with Crippen molar-refractivity contribution in [2.75, 3.05) is 5.32 Å². The van der Waals surface area contributed by atoms with Crippen molar-refractivity contribution in [1.82, 2.24) is 14.8 Å². The molecule has 3 N–H and O–H groups in total. The largest absolute Gasteiger partial charge is 0.499 e. The number of aliphatic imine (C=N–C) groups is 1. The van der Waals surface area contributed by atoms with Crippen LogP contribution in [0.4, 0.5) is 11.4 Å². The van der Waals surface area contributed by atoms with Crippen molar-refractivity contribution in [3.8, 4) is 5.06 Å². The zero-order valence-corrected chi connectivity index (χ0v) is 15.5. The molecular weight excluding hydrogens is 366 g/mol. The average Bonchev–Trinajstić information content (AvgIpc) is 2.82. The highest BCUT2D eigenvalue weighted by Crippen LogP contribution is 2.36. The Labute approximate surface area is 157 Å². The summed E-state index contributed by atoms with van der Waals surface area (Å²) in [5.41, 5.74) is 3.07. The fourth-order valence-corrected chi connectivity index (χ4v) is 3.91. The number of hydrogen-bond donors (Lipinski definition) is 3. The fourth-order valence-electron chi connectivity index (χ4n) is 3.28. The number of fused-ring (bicyclic) bond motifs is 1. The van der Waals surface area contributed by atoms with E-state index in [1.165, 1.54) is 0 Å². The molecule has 3 aromatic rings. The van der Waals surface area contributed by atoms with Crippen LogP contribution in [-0.2, 0) is 7.05 Å². The highest BCUT2D eigenvalue weighted by atomic mass is 32.1. The predicted molar refractivity (Wildman–Crippen MR) is 104 cm³/mol. The second-order valence-electron chi connectivity index (χ2n) is 6.33. The van der Waals surface area contributed by atoms with Crippen LogP contribution in [0.2, 0.25) is 0 Å². The van der Waals surface area contributed by atoms with Crippen LogP contribution >= 0.6 is 11.3 Å². The topological polar surface area (TPSA) is 112 Å². The van der Waals surface area contributed by atoms with Gasteiger partial charge in [-0.05, 0) is 36.5 Å². The lowest BCUT2D eigenvalue weighted by atomic mass is 10.0. The highest BCUT2D eigenvalue weighted by Gasteiger charge is 2.26. The van der Waals surface area contributed by atoms with Crippen molar-refractivity contribution in [1.29, 1.82) is 0 Å². The van der Waals surface area contributed by atoms with Gasteiger partial charge in [-0.15, -0.1) is 0 Å². The number of rotatable bonds is 2. The van der Waals surface area contributed by atoms with Crippen LogP contribution in [0.15, 0.2) is 44.9 Å². The minimum atomic E-state index is -0.644. The molecule has 1 unspecified atom stereocenters. The van der Waals surface area contributed by atoms with E-state index in [1.807, 2.05) is 44.3 Å². The Hall–Kier alpha value is -3.20. The molecule has 0 fully saturated rings. The number of benzene rings is 1. The van der Waals surface area contributed by atoms with Crippen molar-refractivity contribution in [3.63, 3.8) is 0 Å². The van der Waals surface area contributed by atoms with E-state index >= 15 is 0 Å². The van der Waals surface area contributed by atoms with Crippen molar-refractivity contribution >= 4 is 28.4 Å². The van der Waals surface area contributed by atoms with E-state index in [9.17, 15) is 14.7 Å². The molecule has 138 valence electrons. The Kier molecular flexibility index (Phi) is 4.15. The number of para-hydroxylation sites is 2. The smallest absolute Gasteiger partial charge is 0.310 e. The summed E-state index contributed by atoms with van der Waals surface area (Å²) in [6, 6.07) is 9.24. The van der Waals surface area contributed by atoms with Crippen LogP contribution in [-0.4, -0.2) is 25.6 Å². The van der Waals surface area contributed by atoms with Crippen molar-refractivity contribution in [2.24, 2.45) is 12.0 Å². The molecular formula is C18H17N5O3S. The third-order valence-electron chi connectivity index (χ3n) is 4.42. The number of aromatic hydroxyl groups is 1. The maximum atomic E-state index is 12.4. The Morgan fingerprint density at radius 2 is 2.07 bits per heavy atom. The van der Waals surface area contributed by atoms with Crippen LogP contribution in [0.1, 0.15) is 29.4 Å². The molecule has 0 bridgehead atoms. The predicted octanol–water partition coefficient (Wildman–Crippen LogP) is 2.22. The lowest BCUT2D eigenvalue weighted by molar-refractivity contribution is 0.487. The maximum Gasteiger partial charge on any atom is 0.310 e. The summed E-state index contributed by atoms with van der Waals surface area (Å²) in [5.74, 6) is 0. The van der Waals surface area contributed by atoms with E-state index < -0.39 is 10.4 Å². The molecule has 3 heterocycles. The minimum absolute atomic E-state index is 0.0296. The molecule has 1 aliphatic rings. The zero-order valence-electron chi connectivity index (χ0n) is 14.7. The van der Waals surface area contributed by atoms with E-state index in [1.54, 1.807) is 4.68 Å². The maximum absolute atomic E-state index is 12.4. The van der Waals surface area contributed by atoms with Gasteiger partial charge in [0.25, 0.3) is 5.56 Å². The van der Waals surface area contributed by atoms with E-state index in [4.69, 9.17) is 0 Å². The fraction of sp³-hybridized carbons (Fsp3) is 0.222. The molecule has 0 saturated carbocycles. The Balaban J connectivity index is 1.91. The number of aryl methyl sites for hydroxylation is 2. The van der Waals surface area contributed by atoms with Crippen LogP contribution < -0.4 is 15.7 Å². The van der Waals surface area contributed by atoms with Gasteiger partial charge >= 0.3 is 4.87 Å². The summed E-state index contributed by atoms with van der Waals surface area (Å²) in [6.45, 7) is 1.91. The number of H-pyrrole nitrogens is 1. The van der Waals surface area contributed by atoms with Gasteiger partial charge < -0.3 is 10.4 Å². The normalized spacial score (nSPS) is 16.2. The molecule has 1 aliphatic heterocycles. The van der Waals surface area contributed by atoms with E-state index in [-0.39, 0.29) is 16.7 Å². The van der Waals surface area contributed by atoms with Gasteiger partial charge in [-0.25, -0.2) is 0 Å². The first-order valence-corrected chi connectivity index (χ1v) is 9.14. The number of anilines is 1. The summed E-state index contributed by atoms with van der Waals surface area (Å²) >= 11 is 0.585. The summed E-state index contributed by atoms with van der Waals surface area (Å²) < 4.78 is 1.78. The minimum Gasteiger partial charge on any atom is -0.499 e. The molecule has 1 aromatic carbocycles. The molecule has 2 aromatic heterocycles. The van der Waals surface area contributed by atoms with E-state index in [2.05, 4.69) is 20.4 Å². The third kappa shape index (κ3) is 3.17. The summed E-state index contributed by atoms with van der Waals surface area (Å²) in [5, 5.41) is 17.8. The number of aromatic amines is 1. The highest BCUT2D eigenvalue weighted by molar-refractivity contribution is 7.11. The molecule has 1 atom stereocenters. The standard InChI is InChI=1S/C18H17N5O3S/c1-9-7-14(23(2)22-9)12-8-13(15-16(24)21-18(26)27-17(15)25)20-11-6-4-3-5-10(11)19-12/h3-7,12,19,25H,8H2,1-2H3,(H,21,24,26). The number of hydrogen-bond acceptors (Lipinski definition) is 7. The molecule has 8 nitrogen and oxygen atoms in total. The van der Waals surface area contributed by atoms with Crippen LogP contribution in [0.5, 0.6) is 5.06 Å². The second-order valence-corrected chi connectivity index (χ2v) is 7.30. The molecule has 4 rings (SSSR count). The Morgan fingerprint density at radius 1 is 1.30 bits per heavy atom. The number of nitrogens with one attached hydrogen (secondary N) is 2. The first kappa shape index (κ1) is 17.2. The van der Waals surface area contributed by atoms with Gasteiger partial charge in [-0.1, -0.05) is 12.1 Å². The molecule has 0 amide bonds. The van der Waals surface area contributed by atoms with Crippen molar-refractivity contribution in [3.05, 3.63) is 67.3 Å². The van der Waals surface area contributed by atoms with Crippen LogP contribution in [0.3, 0.4) is 0 Å². The van der Waals surface area contributed by atoms with Gasteiger partial charge in [0.15, 0.2) is 5.06 Å². The molecule has 27 heavy (non-hydrogen) atoms. The number of aromatic nitrogens is 3. The van der Waals surface area contributed by atoms with Gasteiger partial charge in [0.2, 0.25) is 0 Å². The van der Waals surface area contributed by atoms with Crippen molar-refractivity contribution in [2.45, 2.75) is 19.4 Å². The molecule has 0 spiro atoms. The van der Waals surface area contributed by atoms with E-state index in [0.717, 1.165) is 17.1 Å². The third-order valence-corrected chi connectivity index (χ3v) is 5.10. The van der Waals surface area contributed by atoms with Gasteiger partial charge in [0.1, 0.15) is 5.56 Å². The van der Waals surface area contributed by atoms with E-state index in [0.29, 0.717) is 29.2 Å². The molecule has 0 aliphatic carbocycles. The van der Waals surface area contributed by atoms with Crippen molar-refractivity contribution < 1.29 is 5.11 Å². The Bertz CT molecular complexity index is 1170. The SMILES string of the molecule is Cc1cc(C2CC(c3c(O)sc(=O)[nH]c3=O)=Nc3ccccc3N2)n(C)n1. The van der Waals surface area contributed by atoms with Crippen LogP contribution in [0, 0.1) is 6.92 Å². The lowest BCUT2D eigenvalue weighted by Crippen LogP contribution is -2.25. The van der Waals surface area contributed by atoms with Gasteiger partial charge in [0.05, 0.1) is 34.5 Å². The second kappa shape index (κ2) is 6.51. The summed E-state index contributed by atoms with van der Waals surface area (Å²) in [7, 11) is 1.86. The average molecular weight is 383 g/mol. The molecule has 0 radical (unpaired) electrons. The van der Waals surface area contributed by atoms with Gasteiger partial charge in [-0.2, -0.15) is 5.10 Å². The molecule has 9 heteroatoms.